The van der Waals surface area contributed by atoms with Crippen molar-refractivity contribution in [1.82, 2.24) is 0 Å². The van der Waals surface area contributed by atoms with Gasteiger partial charge in [0, 0.05) is 7.05 Å². The van der Waals surface area contributed by atoms with Gasteiger partial charge in [-0.2, -0.15) is 13.2 Å². The lowest BCUT2D eigenvalue weighted by molar-refractivity contribution is -0.0603. The summed E-state index contributed by atoms with van der Waals surface area (Å²) >= 11 is 0. The minimum atomic E-state index is -4.23. The topological polar surface area (TPSA) is 12.4 Å². The summed E-state index contributed by atoms with van der Waals surface area (Å²) in [6.07, 6.45) is -4.29. The molecule has 0 amide bonds. The Balaban J connectivity index is 4.14. The zero-order valence-electron chi connectivity index (χ0n) is 5.29. The molecule has 0 aliphatic rings. The molecule has 0 saturated carbocycles. The Morgan fingerprint density at radius 1 is 1.44 bits per heavy atom. The molecule has 0 unspecified atom stereocenters. The highest BCUT2D eigenvalue weighted by Gasteiger charge is 2.33. The van der Waals surface area contributed by atoms with Crippen molar-refractivity contribution in [2.45, 2.75) is 19.5 Å². The fourth-order valence-electron chi connectivity index (χ4n) is 0.485. The lowest BCUT2D eigenvalue weighted by Gasteiger charge is -2.05. The summed E-state index contributed by atoms with van der Waals surface area (Å²) in [5.41, 5.74) is -0.706. The Morgan fingerprint density at radius 3 is 1.89 bits per heavy atom. The molecule has 0 saturated heterocycles. The van der Waals surface area contributed by atoms with E-state index in [0.717, 1.165) is 7.05 Å². The van der Waals surface area contributed by atoms with Crippen LogP contribution in [0.1, 0.15) is 13.3 Å². The summed E-state index contributed by atoms with van der Waals surface area (Å²) in [5.74, 6) is 0. The fourth-order valence-corrected chi connectivity index (χ4v) is 0.485. The lowest BCUT2D eigenvalue weighted by atomic mass is 10.3. The molecule has 0 aromatic carbocycles. The molecule has 0 N–H and O–H groups in total. The first-order chi connectivity index (χ1) is 4.02. The summed E-state index contributed by atoms with van der Waals surface area (Å²) < 4.78 is 34.8. The molecule has 1 nitrogen and oxygen atoms in total. The number of hydrogen-bond acceptors (Lipinski definition) is 1. The highest BCUT2D eigenvalue weighted by atomic mass is 19.4. The SMILES string of the molecule is CC/C(=N\C)C(F)(F)F. The van der Waals surface area contributed by atoms with Gasteiger partial charge in [0.05, 0.1) is 0 Å². The number of aliphatic imine (C=N–C) groups is 1. The van der Waals surface area contributed by atoms with Gasteiger partial charge in [-0.15, -0.1) is 0 Å². The van der Waals surface area contributed by atoms with Gasteiger partial charge < -0.3 is 0 Å². The Labute approximate surface area is 51.6 Å². The zero-order valence-corrected chi connectivity index (χ0v) is 5.29. The van der Waals surface area contributed by atoms with Gasteiger partial charge in [-0.25, -0.2) is 0 Å². The van der Waals surface area contributed by atoms with Crippen LogP contribution in [0, 0.1) is 0 Å². The molecule has 0 aliphatic carbocycles. The average molecular weight is 139 g/mol. The Hall–Kier alpha value is -0.540. The van der Waals surface area contributed by atoms with Gasteiger partial charge in [-0.05, 0) is 6.42 Å². The quantitative estimate of drug-likeness (QED) is 0.493. The summed E-state index contributed by atoms with van der Waals surface area (Å²) in [7, 11) is 1.15. The summed E-state index contributed by atoms with van der Waals surface area (Å²) in [6.45, 7) is 1.43. The van der Waals surface area contributed by atoms with E-state index in [2.05, 4.69) is 4.99 Å². The van der Waals surface area contributed by atoms with Crippen molar-refractivity contribution in [2.75, 3.05) is 7.05 Å². The molecule has 0 fully saturated rings. The van der Waals surface area contributed by atoms with Gasteiger partial charge in [-0.1, -0.05) is 6.92 Å². The van der Waals surface area contributed by atoms with E-state index in [9.17, 15) is 13.2 Å². The minimum absolute atomic E-state index is 0.0556. The molecule has 9 heavy (non-hydrogen) atoms. The first kappa shape index (κ1) is 8.46. The molecule has 0 aromatic heterocycles. The standard InChI is InChI=1S/C5H8F3N/c1-3-4(9-2)5(6,7)8/h3H2,1-2H3/b9-4+. The van der Waals surface area contributed by atoms with E-state index in [1.54, 1.807) is 0 Å². The maximum atomic E-state index is 11.6. The first-order valence-corrected chi connectivity index (χ1v) is 2.55. The van der Waals surface area contributed by atoms with Crippen molar-refractivity contribution in [2.24, 2.45) is 4.99 Å². The van der Waals surface area contributed by atoms with Crippen LogP contribution in [0.5, 0.6) is 0 Å². The predicted octanol–water partition coefficient (Wildman–Crippen LogP) is 2.03. The van der Waals surface area contributed by atoms with E-state index in [1.807, 2.05) is 0 Å². The molecule has 0 aliphatic heterocycles. The van der Waals surface area contributed by atoms with Gasteiger partial charge >= 0.3 is 6.18 Å². The van der Waals surface area contributed by atoms with Crippen LogP contribution in [0.2, 0.25) is 0 Å². The Bertz CT molecular complexity index is 114. The maximum absolute atomic E-state index is 11.6. The third-order valence-corrected chi connectivity index (χ3v) is 0.932. The maximum Gasteiger partial charge on any atom is 0.429 e. The van der Waals surface area contributed by atoms with Gasteiger partial charge in [0.25, 0.3) is 0 Å². The fraction of sp³-hybridized carbons (Fsp3) is 0.800. The highest BCUT2D eigenvalue weighted by Crippen LogP contribution is 2.18. The molecular formula is C5H8F3N. The second-order valence-electron chi connectivity index (χ2n) is 1.52. The van der Waals surface area contributed by atoms with Gasteiger partial charge in [0.2, 0.25) is 0 Å². The summed E-state index contributed by atoms with van der Waals surface area (Å²) in [5, 5.41) is 0. The molecular weight excluding hydrogens is 131 g/mol. The zero-order chi connectivity index (χ0) is 7.49. The van der Waals surface area contributed by atoms with Gasteiger partial charge in [0.15, 0.2) is 0 Å². The van der Waals surface area contributed by atoms with Crippen LogP contribution in [0.15, 0.2) is 4.99 Å². The Morgan fingerprint density at radius 2 is 1.89 bits per heavy atom. The van der Waals surface area contributed by atoms with Crippen molar-refractivity contribution in [3.8, 4) is 0 Å². The average Bonchev–Trinajstić information content (AvgIpc) is 1.65. The van der Waals surface area contributed by atoms with E-state index < -0.39 is 11.9 Å². The second kappa shape index (κ2) is 2.85. The van der Waals surface area contributed by atoms with Crippen LogP contribution in [-0.4, -0.2) is 18.9 Å². The number of hydrogen-bond donors (Lipinski definition) is 0. The molecule has 0 bridgehead atoms. The van der Waals surface area contributed by atoms with Crippen molar-refractivity contribution in [1.29, 1.82) is 0 Å². The van der Waals surface area contributed by atoms with Gasteiger partial charge in [-0.3, -0.25) is 4.99 Å². The normalized spacial score (nSPS) is 14.1. The number of halogens is 3. The van der Waals surface area contributed by atoms with Crippen LogP contribution in [0.4, 0.5) is 13.2 Å². The van der Waals surface area contributed by atoms with E-state index >= 15 is 0 Å². The third-order valence-electron chi connectivity index (χ3n) is 0.932. The molecule has 0 heterocycles. The predicted molar refractivity (Wildman–Crippen MR) is 29.7 cm³/mol. The Kier molecular flexibility index (Phi) is 2.67. The van der Waals surface area contributed by atoms with Crippen LogP contribution in [0.3, 0.4) is 0 Å². The third kappa shape index (κ3) is 2.49. The van der Waals surface area contributed by atoms with E-state index in [1.165, 1.54) is 6.92 Å². The van der Waals surface area contributed by atoms with E-state index in [-0.39, 0.29) is 6.42 Å². The smallest absolute Gasteiger partial charge is 0.288 e. The molecule has 0 radical (unpaired) electrons. The van der Waals surface area contributed by atoms with Crippen molar-refractivity contribution >= 4 is 5.71 Å². The molecule has 4 heteroatoms. The monoisotopic (exact) mass is 139 g/mol. The minimum Gasteiger partial charge on any atom is -0.288 e. The largest absolute Gasteiger partial charge is 0.429 e. The molecule has 0 atom stereocenters. The van der Waals surface area contributed by atoms with Gasteiger partial charge in [0.1, 0.15) is 5.71 Å². The summed E-state index contributed by atoms with van der Waals surface area (Å²) in [6, 6.07) is 0. The van der Waals surface area contributed by atoms with Crippen LogP contribution in [0.25, 0.3) is 0 Å². The van der Waals surface area contributed by atoms with E-state index in [4.69, 9.17) is 0 Å². The van der Waals surface area contributed by atoms with Crippen LogP contribution in [-0.2, 0) is 0 Å². The van der Waals surface area contributed by atoms with E-state index in [0.29, 0.717) is 0 Å². The number of alkyl halides is 3. The summed E-state index contributed by atoms with van der Waals surface area (Å²) in [4.78, 5) is 3.07. The number of nitrogens with zero attached hydrogens (tertiary/aromatic N) is 1. The number of rotatable bonds is 1. The molecule has 54 valence electrons. The molecule has 0 spiro atoms. The first-order valence-electron chi connectivity index (χ1n) is 2.55. The highest BCUT2D eigenvalue weighted by molar-refractivity contribution is 5.89. The second-order valence-corrected chi connectivity index (χ2v) is 1.52. The van der Waals surface area contributed by atoms with Crippen molar-refractivity contribution in [3.05, 3.63) is 0 Å². The van der Waals surface area contributed by atoms with Crippen LogP contribution < -0.4 is 0 Å². The molecule has 0 aromatic rings. The molecule has 0 rings (SSSR count). The van der Waals surface area contributed by atoms with Crippen molar-refractivity contribution < 1.29 is 13.2 Å². The lowest BCUT2D eigenvalue weighted by Crippen LogP contribution is -2.21. The van der Waals surface area contributed by atoms with Crippen molar-refractivity contribution in [3.63, 3.8) is 0 Å². The van der Waals surface area contributed by atoms with Crippen LogP contribution >= 0.6 is 0 Å².